The van der Waals surface area contributed by atoms with Crippen molar-refractivity contribution in [2.24, 2.45) is 0 Å². The molecule has 90 valence electrons. The zero-order chi connectivity index (χ0) is 12.3. The molecular formula is C14H18N2O. The number of hydrogen-bond donors (Lipinski definition) is 2. The predicted molar refractivity (Wildman–Crippen MR) is 73.1 cm³/mol. The molecule has 0 fully saturated rings. The number of para-hydroxylation sites is 2. The molecule has 0 atom stereocenters. The maximum absolute atomic E-state index is 4.68. The van der Waals surface area contributed by atoms with Gasteiger partial charge in [0.25, 0.3) is 0 Å². The van der Waals surface area contributed by atoms with Gasteiger partial charge in [0.1, 0.15) is 0 Å². The minimum absolute atomic E-state index is 0.972. The standard InChI is InChI=1S/C7H9NO.C7H9N/c1-9-8-7-5-3-2-4-6-7;1-8-7-5-3-2-4-6-7/h2-6,8H,1H3;2-6,8H,1H3. The molecule has 0 amide bonds. The van der Waals surface area contributed by atoms with Gasteiger partial charge in [-0.3, -0.25) is 10.3 Å². The van der Waals surface area contributed by atoms with Crippen LogP contribution in [-0.2, 0) is 4.84 Å². The van der Waals surface area contributed by atoms with E-state index >= 15 is 0 Å². The molecular weight excluding hydrogens is 212 g/mol. The lowest BCUT2D eigenvalue weighted by molar-refractivity contribution is 0.271. The van der Waals surface area contributed by atoms with Gasteiger partial charge in [0.2, 0.25) is 0 Å². The lowest BCUT2D eigenvalue weighted by atomic mass is 10.3. The lowest BCUT2D eigenvalue weighted by Crippen LogP contribution is -1.93. The second-order valence-corrected chi connectivity index (χ2v) is 3.29. The van der Waals surface area contributed by atoms with E-state index in [2.05, 4.69) is 15.6 Å². The first-order valence-corrected chi connectivity index (χ1v) is 5.43. The van der Waals surface area contributed by atoms with Gasteiger partial charge in [-0.1, -0.05) is 36.4 Å². The Morgan fingerprint density at radius 3 is 1.59 bits per heavy atom. The van der Waals surface area contributed by atoms with Crippen molar-refractivity contribution >= 4 is 11.4 Å². The molecule has 17 heavy (non-hydrogen) atoms. The molecule has 2 aromatic carbocycles. The van der Waals surface area contributed by atoms with Crippen molar-refractivity contribution < 1.29 is 4.84 Å². The Morgan fingerprint density at radius 1 is 0.765 bits per heavy atom. The second-order valence-electron chi connectivity index (χ2n) is 3.29. The molecule has 0 radical (unpaired) electrons. The van der Waals surface area contributed by atoms with E-state index in [1.807, 2.05) is 67.7 Å². The summed E-state index contributed by atoms with van der Waals surface area (Å²) in [5.41, 5.74) is 4.84. The summed E-state index contributed by atoms with van der Waals surface area (Å²) >= 11 is 0. The van der Waals surface area contributed by atoms with Crippen molar-refractivity contribution in [2.75, 3.05) is 25.0 Å². The molecule has 0 aliphatic rings. The van der Waals surface area contributed by atoms with Crippen LogP contribution in [-0.4, -0.2) is 14.2 Å². The molecule has 0 aromatic heterocycles. The van der Waals surface area contributed by atoms with Gasteiger partial charge in [0, 0.05) is 12.7 Å². The van der Waals surface area contributed by atoms with Crippen molar-refractivity contribution in [3.05, 3.63) is 60.7 Å². The van der Waals surface area contributed by atoms with Crippen LogP contribution in [0.15, 0.2) is 60.7 Å². The first kappa shape index (κ1) is 13.1. The minimum atomic E-state index is 0.972. The van der Waals surface area contributed by atoms with E-state index in [4.69, 9.17) is 0 Å². The molecule has 0 saturated heterocycles. The van der Waals surface area contributed by atoms with E-state index in [1.165, 1.54) is 0 Å². The predicted octanol–water partition coefficient (Wildman–Crippen LogP) is 3.39. The Kier molecular flexibility index (Phi) is 6.29. The maximum Gasteiger partial charge on any atom is 0.0636 e. The smallest absolute Gasteiger partial charge is 0.0636 e. The molecule has 0 aliphatic heterocycles. The van der Waals surface area contributed by atoms with Gasteiger partial charge in [0.05, 0.1) is 12.8 Å². The Morgan fingerprint density at radius 2 is 1.24 bits per heavy atom. The van der Waals surface area contributed by atoms with E-state index in [0.717, 1.165) is 11.4 Å². The summed E-state index contributed by atoms with van der Waals surface area (Å²) in [5, 5.41) is 3.03. The summed E-state index contributed by atoms with van der Waals surface area (Å²) in [6.45, 7) is 0. The third kappa shape index (κ3) is 5.58. The zero-order valence-electron chi connectivity index (χ0n) is 10.2. The Labute approximate surface area is 102 Å². The van der Waals surface area contributed by atoms with Crippen LogP contribution in [0.2, 0.25) is 0 Å². The Hall–Kier alpha value is -2.00. The van der Waals surface area contributed by atoms with E-state index < -0.39 is 0 Å². The maximum atomic E-state index is 4.68. The van der Waals surface area contributed by atoms with Crippen LogP contribution in [0.3, 0.4) is 0 Å². The van der Waals surface area contributed by atoms with Crippen LogP contribution >= 0.6 is 0 Å². The third-order valence-corrected chi connectivity index (χ3v) is 2.06. The molecule has 0 spiro atoms. The molecule has 0 unspecified atom stereocenters. The highest BCUT2D eigenvalue weighted by Crippen LogP contribution is 2.03. The summed E-state index contributed by atoms with van der Waals surface area (Å²) in [5.74, 6) is 0. The monoisotopic (exact) mass is 230 g/mol. The zero-order valence-corrected chi connectivity index (χ0v) is 10.2. The molecule has 0 bridgehead atoms. The first-order chi connectivity index (χ1) is 8.36. The summed E-state index contributed by atoms with van der Waals surface area (Å²) in [6.07, 6.45) is 0. The number of anilines is 2. The molecule has 0 saturated carbocycles. The number of benzene rings is 2. The van der Waals surface area contributed by atoms with Gasteiger partial charge in [-0.2, -0.15) is 0 Å². The first-order valence-electron chi connectivity index (χ1n) is 5.43. The Bertz CT molecular complexity index is 389. The van der Waals surface area contributed by atoms with Gasteiger partial charge in [0.15, 0.2) is 0 Å². The molecule has 0 heterocycles. The highest BCUT2D eigenvalue weighted by atomic mass is 16.6. The average molecular weight is 230 g/mol. The van der Waals surface area contributed by atoms with Crippen LogP contribution in [0.1, 0.15) is 0 Å². The topological polar surface area (TPSA) is 33.3 Å². The van der Waals surface area contributed by atoms with Gasteiger partial charge in [-0.05, 0) is 24.3 Å². The van der Waals surface area contributed by atoms with Crippen molar-refractivity contribution in [1.82, 2.24) is 0 Å². The molecule has 0 aliphatic carbocycles. The van der Waals surface area contributed by atoms with Gasteiger partial charge in [-0.15, -0.1) is 0 Å². The highest BCUT2D eigenvalue weighted by Gasteiger charge is 1.82. The second kappa shape index (κ2) is 8.19. The quantitative estimate of drug-likeness (QED) is 0.793. The number of hydrogen-bond acceptors (Lipinski definition) is 3. The van der Waals surface area contributed by atoms with Gasteiger partial charge in [-0.25, -0.2) is 0 Å². The summed E-state index contributed by atoms with van der Waals surface area (Å²) in [4.78, 5) is 4.68. The van der Waals surface area contributed by atoms with Crippen LogP contribution in [0.5, 0.6) is 0 Å². The lowest BCUT2D eigenvalue weighted by Gasteiger charge is -1.99. The molecule has 2 rings (SSSR count). The summed E-state index contributed by atoms with van der Waals surface area (Å²) in [7, 11) is 3.50. The van der Waals surface area contributed by atoms with Gasteiger partial charge < -0.3 is 5.32 Å². The minimum Gasteiger partial charge on any atom is -0.388 e. The van der Waals surface area contributed by atoms with E-state index in [9.17, 15) is 0 Å². The van der Waals surface area contributed by atoms with E-state index in [0.29, 0.717) is 0 Å². The highest BCUT2D eigenvalue weighted by molar-refractivity contribution is 5.41. The van der Waals surface area contributed by atoms with Crippen molar-refractivity contribution in [3.8, 4) is 0 Å². The molecule has 2 N–H and O–H groups in total. The normalized spacial score (nSPS) is 8.82. The van der Waals surface area contributed by atoms with Crippen molar-refractivity contribution in [2.45, 2.75) is 0 Å². The van der Waals surface area contributed by atoms with Crippen LogP contribution < -0.4 is 10.8 Å². The SMILES string of the molecule is CNc1ccccc1.CONc1ccccc1. The number of rotatable bonds is 3. The summed E-state index contributed by atoms with van der Waals surface area (Å²) < 4.78 is 0. The molecule has 3 heteroatoms. The van der Waals surface area contributed by atoms with E-state index in [-0.39, 0.29) is 0 Å². The largest absolute Gasteiger partial charge is 0.388 e. The fourth-order valence-corrected chi connectivity index (χ4v) is 1.23. The van der Waals surface area contributed by atoms with Crippen molar-refractivity contribution in [1.29, 1.82) is 0 Å². The number of nitrogens with one attached hydrogen (secondary N) is 2. The Balaban J connectivity index is 0.000000171. The molecule has 2 aromatic rings. The van der Waals surface area contributed by atoms with Crippen LogP contribution in [0, 0.1) is 0 Å². The van der Waals surface area contributed by atoms with Crippen LogP contribution in [0.4, 0.5) is 11.4 Å². The average Bonchev–Trinajstić information content (AvgIpc) is 2.42. The van der Waals surface area contributed by atoms with Crippen molar-refractivity contribution in [3.63, 3.8) is 0 Å². The fourth-order valence-electron chi connectivity index (χ4n) is 1.23. The summed E-state index contributed by atoms with van der Waals surface area (Å²) in [6, 6.07) is 19.8. The fraction of sp³-hybridized carbons (Fsp3) is 0.143. The van der Waals surface area contributed by atoms with E-state index in [1.54, 1.807) is 7.11 Å². The third-order valence-electron chi connectivity index (χ3n) is 2.06. The van der Waals surface area contributed by atoms with Crippen LogP contribution in [0.25, 0.3) is 0 Å². The van der Waals surface area contributed by atoms with Gasteiger partial charge >= 0.3 is 0 Å². The molecule has 3 nitrogen and oxygen atoms in total.